The van der Waals surface area contributed by atoms with E-state index >= 15 is 0 Å². The molecular formula is C19H20N6O. The van der Waals surface area contributed by atoms with E-state index in [-0.39, 0.29) is 11.9 Å². The summed E-state index contributed by atoms with van der Waals surface area (Å²) in [7, 11) is 0. The van der Waals surface area contributed by atoms with Crippen LogP contribution in [0.5, 0.6) is 0 Å². The Kier molecular flexibility index (Phi) is 4.12. The molecule has 1 atom stereocenters. The molecule has 1 saturated heterocycles. The fraction of sp³-hybridized carbons (Fsp3) is 0.263. The van der Waals surface area contributed by atoms with Gasteiger partial charge in [0.2, 0.25) is 5.91 Å². The molecule has 3 heterocycles. The van der Waals surface area contributed by atoms with Gasteiger partial charge in [0.05, 0.1) is 11.4 Å². The normalized spacial score (nSPS) is 17.4. The number of nitrogens with zero attached hydrogens (tertiary/aromatic N) is 5. The van der Waals surface area contributed by atoms with Gasteiger partial charge in [0.25, 0.3) is 0 Å². The zero-order chi connectivity index (χ0) is 18.1. The molecule has 0 spiro atoms. The summed E-state index contributed by atoms with van der Waals surface area (Å²) in [6, 6.07) is 9.92. The van der Waals surface area contributed by atoms with Crippen LogP contribution >= 0.6 is 0 Å². The lowest BCUT2D eigenvalue weighted by molar-refractivity contribution is -0.127. The summed E-state index contributed by atoms with van der Waals surface area (Å²) in [6.07, 6.45) is 4.65. The Hall–Kier alpha value is -3.22. The summed E-state index contributed by atoms with van der Waals surface area (Å²) in [4.78, 5) is 22.4. The Balaban J connectivity index is 1.82. The second kappa shape index (κ2) is 6.59. The van der Waals surface area contributed by atoms with E-state index in [0.717, 1.165) is 36.0 Å². The van der Waals surface area contributed by atoms with Crippen LogP contribution in [0.25, 0.3) is 22.3 Å². The van der Waals surface area contributed by atoms with Gasteiger partial charge in [-0.15, -0.1) is 0 Å². The van der Waals surface area contributed by atoms with Crippen LogP contribution in [0.15, 0.2) is 49.3 Å². The van der Waals surface area contributed by atoms with Crippen molar-refractivity contribution < 1.29 is 4.79 Å². The van der Waals surface area contributed by atoms with Gasteiger partial charge < -0.3 is 10.6 Å². The number of fused-ring (bicyclic) bond motifs is 1. The van der Waals surface area contributed by atoms with Crippen LogP contribution < -0.4 is 5.73 Å². The first-order chi connectivity index (χ1) is 12.7. The number of piperidine rings is 1. The third-order valence-corrected chi connectivity index (χ3v) is 4.79. The molecule has 0 unspecified atom stereocenters. The molecule has 0 aliphatic carbocycles. The molecule has 3 aromatic rings. The highest BCUT2D eigenvalue weighted by molar-refractivity contribution is 5.98. The fourth-order valence-electron chi connectivity index (χ4n) is 3.53. The maximum Gasteiger partial charge on any atom is 0.246 e. The minimum Gasteiger partial charge on any atom is -0.383 e. The first kappa shape index (κ1) is 16.3. The zero-order valence-electron chi connectivity index (χ0n) is 14.4. The lowest BCUT2D eigenvalue weighted by Gasteiger charge is -2.32. The maximum atomic E-state index is 12.0. The topological polar surface area (TPSA) is 89.9 Å². The molecule has 2 N–H and O–H groups in total. The van der Waals surface area contributed by atoms with Crippen LogP contribution in [0.1, 0.15) is 18.9 Å². The summed E-state index contributed by atoms with van der Waals surface area (Å²) in [6.45, 7) is 4.91. The van der Waals surface area contributed by atoms with Gasteiger partial charge in [-0.3, -0.25) is 4.79 Å². The molecule has 1 aliphatic rings. The molecular weight excluding hydrogens is 328 g/mol. The Labute approximate surface area is 151 Å². The average molecular weight is 348 g/mol. The van der Waals surface area contributed by atoms with Gasteiger partial charge in [-0.05, 0) is 18.9 Å². The molecule has 1 aliphatic heterocycles. The molecule has 0 bridgehead atoms. The average Bonchev–Trinajstić information content (AvgIpc) is 3.09. The third-order valence-electron chi connectivity index (χ3n) is 4.79. The van der Waals surface area contributed by atoms with Crippen LogP contribution in [-0.4, -0.2) is 43.6 Å². The van der Waals surface area contributed by atoms with Crippen LogP contribution in [0, 0.1) is 0 Å². The van der Waals surface area contributed by atoms with Crippen molar-refractivity contribution >= 4 is 22.8 Å². The van der Waals surface area contributed by atoms with E-state index in [1.165, 1.54) is 12.4 Å². The van der Waals surface area contributed by atoms with E-state index in [0.29, 0.717) is 18.0 Å². The van der Waals surface area contributed by atoms with Crippen molar-refractivity contribution in [3.05, 3.63) is 49.3 Å². The SMILES string of the molecule is C=CC(=O)N1CCC[C@@H](n2nc(-c3ccccc3)c3c(N)ncnc32)C1. The molecule has 1 aromatic carbocycles. The van der Waals surface area contributed by atoms with Gasteiger partial charge in [-0.2, -0.15) is 5.10 Å². The largest absolute Gasteiger partial charge is 0.383 e. The fourth-order valence-corrected chi connectivity index (χ4v) is 3.53. The number of carbonyl (C=O) groups excluding carboxylic acids is 1. The lowest BCUT2D eigenvalue weighted by Crippen LogP contribution is -2.40. The van der Waals surface area contributed by atoms with Crippen molar-refractivity contribution in [2.45, 2.75) is 18.9 Å². The molecule has 132 valence electrons. The van der Waals surface area contributed by atoms with E-state index in [9.17, 15) is 4.79 Å². The van der Waals surface area contributed by atoms with Crippen LogP contribution in [-0.2, 0) is 4.79 Å². The number of nitrogen functional groups attached to an aromatic ring is 1. The summed E-state index contributed by atoms with van der Waals surface area (Å²) in [5.41, 5.74) is 8.59. The van der Waals surface area contributed by atoms with Gasteiger partial charge in [-0.25, -0.2) is 14.6 Å². The molecule has 0 saturated carbocycles. The van der Waals surface area contributed by atoms with Crippen molar-refractivity contribution in [3.63, 3.8) is 0 Å². The van der Waals surface area contributed by atoms with Gasteiger partial charge >= 0.3 is 0 Å². The smallest absolute Gasteiger partial charge is 0.246 e. The minimum absolute atomic E-state index is 0.0434. The van der Waals surface area contributed by atoms with Crippen molar-refractivity contribution in [1.29, 1.82) is 0 Å². The second-order valence-electron chi connectivity index (χ2n) is 6.40. The predicted octanol–water partition coefficient (Wildman–Crippen LogP) is 2.43. The number of aromatic nitrogens is 4. The Morgan fingerprint density at radius 1 is 1.27 bits per heavy atom. The lowest BCUT2D eigenvalue weighted by atomic mass is 10.1. The Morgan fingerprint density at radius 2 is 2.08 bits per heavy atom. The van der Waals surface area contributed by atoms with Gasteiger partial charge in [0, 0.05) is 18.7 Å². The van der Waals surface area contributed by atoms with Gasteiger partial charge in [-0.1, -0.05) is 36.9 Å². The standard InChI is InChI=1S/C19H20N6O/c1-2-15(26)24-10-6-9-14(11-24)25-19-16(18(20)21-12-22-19)17(23-25)13-7-4-3-5-8-13/h2-5,7-8,12,14H,1,6,9-11H2,(H2,20,21,22)/t14-/m1/s1. The summed E-state index contributed by atoms with van der Waals surface area (Å²) in [5, 5.41) is 5.59. The summed E-state index contributed by atoms with van der Waals surface area (Å²) in [5.74, 6) is 0.360. The van der Waals surface area contributed by atoms with E-state index in [4.69, 9.17) is 10.8 Å². The van der Waals surface area contributed by atoms with E-state index in [2.05, 4.69) is 16.5 Å². The molecule has 2 aromatic heterocycles. The summed E-state index contributed by atoms with van der Waals surface area (Å²) < 4.78 is 1.90. The number of anilines is 1. The number of likely N-dealkylation sites (tertiary alicyclic amines) is 1. The van der Waals surface area contributed by atoms with Crippen molar-refractivity contribution in [3.8, 4) is 11.3 Å². The van der Waals surface area contributed by atoms with Crippen LogP contribution in [0.4, 0.5) is 5.82 Å². The Bertz CT molecular complexity index is 965. The highest BCUT2D eigenvalue weighted by Crippen LogP contribution is 2.33. The number of amides is 1. The first-order valence-electron chi connectivity index (χ1n) is 8.64. The molecule has 1 amide bonds. The van der Waals surface area contributed by atoms with Gasteiger partial charge in [0.15, 0.2) is 5.65 Å². The number of hydrogen-bond donors (Lipinski definition) is 1. The number of carbonyl (C=O) groups is 1. The van der Waals surface area contributed by atoms with E-state index < -0.39 is 0 Å². The minimum atomic E-state index is -0.0522. The molecule has 4 rings (SSSR count). The highest BCUT2D eigenvalue weighted by Gasteiger charge is 2.27. The number of benzene rings is 1. The predicted molar refractivity (Wildman–Crippen MR) is 100 cm³/mol. The van der Waals surface area contributed by atoms with Gasteiger partial charge in [0.1, 0.15) is 17.8 Å². The third kappa shape index (κ3) is 2.71. The second-order valence-corrected chi connectivity index (χ2v) is 6.40. The zero-order valence-corrected chi connectivity index (χ0v) is 14.4. The number of nitrogens with two attached hydrogens (primary N) is 1. The maximum absolute atomic E-state index is 12.0. The molecule has 26 heavy (non-hydrogen) atoms. The molecule has 1 fully saturated rings. The first-order valence-corrected chi connectivity index (χ1v) is 8.64. The monoisotopic (exact) mass is 348 g/mol. The Morgan fingerprint density at radius 3 is 2.85 bits per heavy atom. The van der Waals surface area contributed by atoms with Crippen molar-refractivity contribution in [2.75, 3.05) is 18.8 Å². The van der Waals surface area contributed by atoms with E-state index in [1.807, 2.05) is 35.0 Å². The molecule has 7 nitrogen and oxygen atoms in total. The summed E-state index contributed by atoms with van der Waals surface area (Å²) >= 11 is 0. The molecule has 0 radical (unpaired) electrons. The number of rotatable bonds is 3. The molecule has 7 heteroatoms. The van der Waals surface area contributed by atoms with Crippen LogP contribution in [0.3, 0.4) is 0 Å². The van der Waals surface area contributed by atoms with Crippen molar-refractivity contribution in [2.24, 2.45) is 0 Å². The highest BCUT2D eigenvalue weighted by atomic mass is 16.2. The van der Waals surface area contributed by atoms with Crippen molar-refractivity contribution in [1.82, 2.24) is 24.6 Å². The quantitative estimate of drug-likeness (QED) is 0.734. The number of hydrogen-bond acceptors (Lipinski definition) is 5. The van der Waals surface area contributed by atoms with E-state index in [1.54, 1.807) is 4.90 Å². The van der Waals surface area contributed by atoms with Crippen LogP contribution in [0.2, 0.25) is 0 Å².